The zero-order valence-corrected chi connectivity index (χ0v) is 11.0. The molecule has 0 heterocycles. The third-order valence-corrected chi connectivity index (χ3v) is 2.64. The maximum atomic E-state index is 11.8. The lowest BCUT2D eigenvalue weighted by Gasteiger charge is -2.24. The molecule has 0 spiro atoms. The van der Waals surface area contributed by atoms with E-state index in [0.717, 1.165) is 0 Å². The first kappa shape index (κ1) is 16.4. The van der Waals surface area contributed by atoms with Gasteiger partial charge in [-0.05, 0) is 12.8 Å². The zero-order chi connectivity index (χ0) is 14.3. The summed E-state index contributed by atoms with van der Waals surface area (Å²) >= 11 is 0. The fourth-order valence-corrected chi connectivity index (χ4v) is 1.27. The number of rotatable bonds is 7. The summed E-state index contributed by atoms with van der Waals surface area (Å²) in [6, 6.07) is -1.41. The first-order valence-electron chi connectivity index (χ1n) is 5.91. The van der Waals surface area contributed by atoms with E-state index in [1.165, 1.54) is 6.92 Å². The summed E-state index contributed by atoms with van der Waals surface area (Å²) in [7, 11) is 0. The van der Waals surface area contributed by atoms with Gasteiger partial charge < -0.3 is 22.1 Å². The molecule has 104 valence electrons. The van der Waals surface area contributed by atoms with E-state index in [1.54, 1.807) is 0 Å². The average molecular weight is 258 g/mol. The predicted molar refractivity (Wildman–Crippen MR) is 67.2 cm³/mol. The number of carbonyl (C=O) groups is 3. The van der Waals surface area contributed by atoms with E-state index in [1.807, 2.05) is 13.8 Å². The highest BCUT2D eigenvalue weighted by Gasteiger charge is 2.26. The van der Waals surface area contributed by atoms with Gasteiger partial charge in [0.1, 0.15) is 6.04 Å². The fraction of sp³-hybridized carbons (Fsp3) is 0.727. The monoisotopic (exact) mass is 258 g/mol. The van der Waals surface area contributed by atoms with Crippen molar-refractivity contribution in [1.29, 1.82) is 0 Å². The van der Waals surface area contributed by atoms with E-state index in [-0.39, 0.29) is 12.5 Å². The fourth-order valence-electron chi connectivity index (χ4n) is 1.27. The third kappa shape index (κ3) is 5.62. The summed E-state index contributed by atoms with van der Waals surface area (Å²) in [5, 5.41) is 4.94. The van der Waals surface area contributed by atoms with E-state index in [9.17, 15) is 14.4 Å². The molecule has 1 unspecified atom stereocenters. The van der Waals surface area contributed by atoms with Gasteiger partial charge in [0.2, 0.25) is 17.7 Å². The van der Waals surface area contributed by atoms with Crippen molar-refractivity contribution in [3.63, 3.8) is 0 Å². The van der Waals surface area contributed by atoms with E-state index in [0.29, 0.717) is 6.42 Å². The molecule has 0 aromatic carbocycles. The van der Waals surface area contributed by atoms with Gasteiger partial charge in [-0.2, -0.15) is 0 Å². The van der Waals surface area contributed by atoms with Crippen LogP contribution in [0.4, 0.5) is 0 Å². The molecule has 0 aromatic rings. The first-order valence-corrected chi connectivity index (χ1v) is 5.91. The van der Waals surface area contributed by atoms with Crippen molar-refractivity contribution in [3.05, 3.63) is 0 Å². The topological polar surface area (TPSA) is 127 Å². The van der Waals surface area contributed by atoms with E-state index in [2.05, 4.69) is 10.6 Å². The lowest BCUT2D eigenvalue weighted by Crippen LogP contribution is -2.54. The van der Waals surface area contributed by atoms with Crippen molar-refractivity contribution in [1.82, 2.24) is 10.6 Å². The number of hydrogen-bond donors (Lipinski definition) is 4. The van der Waals surface area contributed by atoms with Crippen molar-refractivity contribution in [2.75, 3.05) is 6.54 Å². The maximum absolute atomic E-state index is 11.8. The Morgan fingerprint density at radius 3 is 2.11 bits per heavy atom. The van der Waals surface area contributed by atoms with Crippen LogP contribution in [0, 0.1) is 5.92 Å². The van der Waals surface area contributed by atoms with Crippen LogP contribution >= 0.6 is 0 Å². The van der Waals surface area contributed by atoms with Gasteiger partial charge in [-0.3, -0.25) is 14.4 Å². The van der Waals surface area contributed by atoms with Crippen LogP contribution in [-0.4, -0.2) is 36.3 Å². The second-order valence-corrected chi connectivity index (χ2v) is 4.34. The third-order valence-electron chi connectivity index (χ3n) is 2.64. The number of nitrogens with one attached hydrogen (secondary N) is 2. The van der Waals surface area contributed by atoms with E-state index in [4.69, 9.17) is 11.5 Å². The summed E-state index contributed by atoms with van der Waals surface area (Å²) in [6.07, 6.45) is 0.702. The van der Waals surface area contributed by atoms with Gasteiger partial charge >= 0.3 is 0 Å². The molecule has 3 amide bonds. The second-order valence-electron chi connectivity index (χ2n) is 4.34. The Morgan fingerprint density at radius 2 is 1.72 bits per heavy atom. The highest BCUT2D eigenvalue weighted by Crippen LogP contribution is 2.08. The maximum Gasteiger partial charge on any atom is 0.243 e. The van der Waals surface area contributed by atoms with Crippen molar-refractivity contribution >= 4 is 17.7 Å². The molecule has 0 saturated heterocycles. The van der Waals surface area contributed by atoms with Crippen LogP contribution in [0.3, 0.4) is 0 Å². The number of primary amides is 1. The first-order chi connectivity index (χ1) is 8.29. The molecule has 0 bridgehead atoms. The minimum absolute atomic E-state index is 0.0689. The van der Waals surface area contributed by atoms with Crippen LogP contribution in [0.2, 0.25) is 0 Å². The van der Waals surface area contributed by atoms with Crippen LogP contribution in [0.1, 0.15) is 27.2 Å². The molecule has 0 saturated carbocycles. The Kier molecular flexibility index (Phi) is 6.96. The smallest absolute Gasteiger partial charge is 0.243 e. The van der Waals surface area contributed by atoms with Crippen LogP contribution in [0.25, 0.3) is 0 Å². The summed E-state index contributed by atoms with van der Waals surface area (Å²) in [5.41, 5.74) is 10.4. The van der Waals surface area contributed by atoms with Crippen molar-refractivity contribution < 1.29 is 14.4 Å². The Hall–Kier alpha value is -1.63. The summed E-state index contributed by atoms with van der Waals surface area (Å²) in [4.78, 5) is 33.9. The minimum atomic E-state index is -0.715. The zero-order valence-electron chi connectivity index (χ0n) is 11.0. The van der Waals surface area contributed by atoms with Gasteiger partial charge in [0.15, 0.2) is 0 Å². The molecule has 0 aliphatic carbocycles. The molecule has 0 aromatic heterocycles. The lowest BCUT2D eigenvalue weighted by molar-refractivity contribution is -0.131. The van der Waals surface area contributed by atoms with Gasteiger partial charge in [-0.1, -0.05) is 20.3 Å². The molecule has 0 rings (SSSR count). The molecule has 7 heteroatoms. The lowest BCUT2D eigenvalue weighted by atomic mass is 9.98. The summed E-state index contributed by atoms with van der Waals surface area (Å²) in [5.74, 6) is -1.54. The molecule has 0 fully saturated rings. The van der Waals surface area contributed by atoms with Crippen LogP contribution < -0.4 is 22.1 Å². The molecular formula is C11H22N4O3. The number of amides is 3. The molecule has 6 N–H and O–H groups in total. The summed E-state index contributed by atoms with van der Waals surface area (Å²) < 4.78 is 0. The Balaban J connectivity index is 4.62. The van der Waals surface area contributed by atoms with Gasteiger partial charge in [0, 0.05) is 0 Å². The predicted octanol–water partition coefficient (Wildman–Crippen LogP) is -1.53. The molecule has 0 aliphatic rings. The molecule has 3 atom stereocenters. The van der Waals surface area contributed by atoms with Crippen LogP contribution in [0.5, 0.6) is 0 Å². The molecule has 0 radical (unpaired) electrons. The minimum Gasteiger partial charge on any atom is -0.368 e. The average Bonchev–Trinajstić information content (AvgIpc) is 2.31. The molecule has 18 heavy (non-hydrogen) atoms. The Bertz CT molecular complexity index is 317. The van der Waals surface area contributed by atoms with Crippen molar-refractivity contribution in [3.8, 4) is 0 Å². The Morgan fingerprint density at radius 1 is 1.17 bits per heavy atom. The Labute approximate surface area is 107 Å². The normalized spacial score (nSPS) is 15.3. The highest BCUT2D eigenvalue weighted by atomic mass is 16.2. The number of carbonyl (C=O) groups excluding carboxylic acids is 3. The van der Waals surface area contributed by atoms with E-state index >= 15 is 0 Å². The number of nitrogens with two attached hydrogens (primary N) is 2. The van der Waals surface area contributed by atoms with Crippen molar-refractivity contribution in [2.24, 2.45) is 17.4 Å². The number of hydrogen-bond acceptors (Lipinski definition) is 4. The van der Waals surface area contributed by atoms with Gasteiger partial charge in [0.05, 0.1) is 12.6 Å². The van der Waals surface area contributed by atoms with Crippen molar-refractivity contribution in [2.45, 2.75) is 39.3 Å². The highest BCUT2D eigenvalue weighted by molar-refractivity contribution is 5.91. The standard InChI is InChI=1S/C11H22N4O3/c1-4-6(2)9(15-10(17)7(3)12)11(18)14-5-8(13)16/h6-7,9H,4-5,12H2,1-3H3,(H2,13,16)(H,14,18)(H,15,17)/t6-,7?,9-/m0/s1. The second kappa shape index (κ2) is 7.65. The quantitative estimate of drug-likeness (QED) is 0.441. The largest absolute Gasteiger partial charge is 0.368 e. The molecule has 7 nitrogen and oxygen atoms in total. The molecular weight excluding hydrogens is 236 g/mol. The van der Waals surface area contributed by atoms with Crippen LogP contribution in [-0.2, 0) is 14.4 Å². The summed E-state index contributed by atoms with van der Waals surface area (Å²) in [6.45, 7) is 5.01. The molecule has 0 aliphatic heterocycles. The van der Waals surface area contributed by atoms with Gasteiger partial charge in [0.25, 0.3) is 0 Å². The van der Waals surface area contributed by atoms with Crippen LogP contribution in [0.15, 0.2) is 0 Å². The SMILES string of the molecule is CC[C@H](C)[C@H](NC(=O)C(C)N)C(=O)NCC(N)=O. The van der Waals surface area contributed by atoms with Gasteiger partial charge in [-0.15, -0.1) is 0 Å². The van der Waals surface area contributed by atoms with E-state index < -0.39 is 29.8 Å². The van der Waals surface area contributed by atoms with Gasteiger partial charge in [-0.25, -0.2) is 0 Å².